The lowest BCUT2D eigenvalue weighted by molar-refractivity contribution is -0.137. The normalized spacial score (nSPS) is 11.4. The summed E-state index contributed by atoms with van der Waals surface area (Å²) in [5, 5.41) is 12.2. The molecular weight excluding hydrogens is 453 g/mol. The van der Waals surface area contributed by atoms with E-state index in [1.165, 1.54) is 0 Å². The van der Waals surface area contributed by atoms with Crippen LogP contribution < -0.4 is 10.6 Å². The number of nitrogens with zero attached hydrogens (tertiary/aromatic N) is 3. The van der Waals surface area contributed by atoms with Gasteiger partial charge in [0.1, 0.15) is 12.4 Å². The number of amides is 1. The highest BCUT2D eigenvalue weighted by atomic mass is 35.5. The van der Waals surface area contributed by atoms with E-state index in [-0.39, 0.29) is 36.4 Å². The van der Waals surface area contributed by atoms with Crippen LogP contribution in [0.5, 0.6) is 0 Å². The Kier molecular flexibility index (Phi) is 6.96. The number of anilines is 1. The van der Waals surface area contributed by atoms with E-state index in [1.807, 2.05) is 31.2 Å². The van der Waals surface area contributed by atoms with Crippen LogP contribution in [0.4, 0.5) is 19.0 Å². The molecule has 1 aromatic carbocycles. The van der Waals surface area contributed by atoms with Crippen molar-refractivity contribution in [2.45, 2.75) is 19.6 Å². The van der Waals surface area contributed by atoms with Crippen molar-refractivity contribution in [1.82, 2.24) is 25.1 Å². The minimum absolute atomic E-state index is 0.0438. The van der Waals surface area contributed by atoms with Crippen LogP contribution in [-0.4, -0.2) is 38.7 Å². The van der Waals surface area contributed by atoms with Crippen molar-refractivity contribution in [2.24, 2.45) is 0 Å². The number of halogens is 4. The number of aromatic nitrogens is 4. The maximum absolute atomic E-state index is 12.7. The molecule has 0 unspecified atom stereocenters. The summed E-state index contributed by atoms with van der Waals surface area (Å²) in [6, 6.07) is 8.44. The Hall–Kier alpha value is -2.92. The molecule has 7 nitrogen and oxygen atoms in total. The van der Waals surface area contributed by atoms with Crippen molar-refractivity contribution in [2.75, 3.05) is 18.4 Å². The van der Waals surface area contributed by atoms with Crippen molar-refractivity contribution < 1.29 is 18.0 Å². The van der Waals surface area contributed by atoms with Gasteiger partial charge in [-0.15, -0.1) is 0 Å². The first-order valence-corrected chi connectivity index (χ1v) is 9.89. The minimum atomic E-state index is -4.52. The zero-order valence-corrected chi connectivity index (χ0v) is 17.8. The third-order valence-corrected chi connectivity index (χ3v) is 4.88. The van der Waals surface area contributed by atoms with Gasteiger partial charge in [0.25, 0.3) is 0 Å². The number of hydrogen-bond acceptors (Lipinski definition) is 5. The number of benzene rings is 1. The topological polar surface area (TPSA) is 87.6 Å². The number of aryl methyl sites for hydroxylation is 1. The molecule has 12 heteroatoms. The third-order valence-electron chi connectivity index (χ3n) is 4.28. The van der Waals surface area contributed by atoms with Gasteiger partial charge in [0.2, 0.25) is 5.91 Å². The summed E-state index contributed by atoms with van der Waals surface area (Å²) in [5.41, 5.74) is 0.977. The van der Waals surface area contributed by atoms with Gasteiger partial charge in [0.15, 0.2) is 10.6 Å². The minimum Gasteiger partial charge on any atom is -0.367 e. The maximum atomic E-state index is 12.7. The average Bonchev–Trinajstić information content (AvgIpc) is 3.06. The molecule has 1 amide bonds. The van der Waals surface area contributed by atoms with E-state index < -0.39 is 11.7 Å². The zero-order valence-electron chi connectivity index (χ0n) is 16.3. The van der Waals surface area contributed by atoms with Gasteiger partial charge in [-0.3, -0.25) is 14.5 Å². The molecule has 3 aromatic rings. The highest BCUT2D eigenvalue weighted by Gasteiger charge is 2.31. The Labute approximate surface area is 185 Å². The van der Waals surface area contributed by atoms with Gasteiger partial charge in [-0.25, -0.2) is 4.98 Å². The van der Waals surface area contributed by atoms with Gasteiger partial charge in [-0.2, -0.15) is 18.3 Å². The van der Waals surface area contributed by atoms with Crippen LogP contribution in [0.15, 0.2) is 36.5 Å². The standard InChI is InChI=1S/C19H18ClF3N6OS/c1-11-2-4-12(5-3-11)17-27-28-18(31)29(17)10-15(30)24-6-7-25-16-14(20)8-13(9-26-16)19(21,22)23/h2-5,8-9H,6-7,10H2,1H3,(H,24,30)(H,25,26)(H,28,31). The van der Waals surface area contributed by atoms with E-state index in [1.54, 1.807) is 4.57 Å². The molecule has 0 saturated carbocycles. The Morgan fingerprint density at radius 2 is 1.97 bits per heavy atom. The lowest BCUT2D eigenvalue weighted by Gasteiger charge is -2.12. The summed E-state index contributed by atoms with van der Waals surface area (Å²) >= 11 is 11.1. The Balaban J connectivity index is 1.54. The number of carbonyl (C=O) groups is 1. The predicted octanol–water partition coefficient (Wildman–Crippen LogP) is 4.21. The van der Waals surface area contributed by atoms with Crippen LogP contribution in [0, 0.1) is 11.7 Å². The van der Waals surface area contributed by atoms with Crippen LogP contribution >= 0.6 is 23.8 Å². The van der Waals surface area contributed by atoms with Gasteiger partial charge in [-0.1, -0.05) is 41.4 Å². The fraction of sp³-hybridized carbons (Fsp3) is 0.263. The molecule has 3 N–H and O–H groups in total. The molecule has 2 aromatic heterocycles. The van der Waals surface area contributed by atoms with Gasteiger partial charge < -0.3 is 10.6 Å². The molecule has 0 aliphatic rings. The summed E-state index contributed by atoms with van der Waals surface area (Å²) in [4.78, 5) is 16.0. The second-order valence-corrected chi connectivity index (χ2v) is 7.43. The number of pyridine rings is 1. The molecule has 164 valence electrons. The SMILES string of the molecule is Cc1ccc(-c2n[nH]c(=S)n2CC(=O)NCCNc2ncc(C(F)(F)F)cc2Cl)cc1. The number of carbonyl (C=O) groups excluding carboxylic acids is 1. The molecule has 0 fully saturated rings. The molecule has 0 bridgehead atoms. The lowest BCUT2D eigenvalue weighted by atomic mass is 10.1. The molecule has 0 atom stereocenters. The van der Waals surface area contributed by atoms with E-state index in [9.17, 15) is 18.0 Å². The van der Waals surface area contributed by atoms with E-state index in [2.05, 4.69) is 25.8 Å². The van der Waals surface area contributed by atoms with E-state index in [0.717, 1.165) is 17.2 Å². The van der Waals surface area contributed by atoms with Crippen molar-refractivity contribution in [1.29, 1.82) is 0 Å². The summed E-state index contributed by atoms with van der Waals surface area (Å²) in [6.45, 7) is 2.34. The summed E-state index contributed by atoms with van der Waals surface area (Å²) in [5.74, 6) is 0.334. The van der Waals surface area contributed by atoms with Gasteiger partial charge >= 0.3 is 6.18 Å². The Bertz CT molecular complexity index is 1130. The number of hydrogen-bond donors (Lipinski definition) is 3. The molecule has 0 spiro atoms. The predicted molar refractivity (Wildman–Crippen MR) is 113 cm³/mol. The van der Waals surface area contributed by atoms with Crippen molar-refractivity contribution in [3.63, 3.8) is 0 Å². The largest absolute Gasteiger partial charge is 0.417 e. The first-order chi connectivity index (χ1) is 14.6. The summed E-state index contributed by atoms with van der Waals surface area (Å²) in [6.07, 6.45) is -3.82. The van der Waals surface area contributed by atoms with Crippen LogP contribution in [0.2, 0.25) is 5.02 Å². The number of H-pyrrole nitrogens is 1. The fourth-order valence-corrected chi connectivity index (χ4v) is 3.12. The number of aromatic amines is 1. The van der Waals surface area contributed by atoms with Gasteiger partial charge in [-0.05, 0) is 25.2 Å². The van der Waals surface area contributed by atoms with Crippen molar-refractivity contribution in [3.05, 3.63) is 57.4 Å². The highest BCUT2D eigenvalue weighted by Crippen LogP contribution is 2.32. The molecule has 3 rings (SSSR count). The third kappa shape index (κ3) is 5.82. The van der Waals surface area contributed by atoms with Crippen LogP contribution in [-0.2, 0) is 17.5 Å². The van der Waals surface area contributed by atoms with Crippen molar-refractivity contribution >= 4 is 35.5 Å². The first-order valence-electron chi connectivity index (χ1n) is 9.10. The van der Waals surface area contributed by atoms with Gasteiger partial charge in [0, 0.05) is 24.8 Å². The first kappa shape index (κ1) is 22.8. The monoisotopic (exact) mass is 470 g/mol. The van der Waals surface area contributed by atoms with E-state index in [4.69, 9.17) is 23.8 Å². The molecule has 31 heavy (non-hydrogen) atoms. The zero-order chi connectivity index (χ0) is 22.6. The quantitative estimate of drug-likeness (QED) is 0.355. The van der Waals surface area contributed by atoms with Crippen molar-refractivity contribution in [3.8, 4) is 11.4 Å². The Morgan fingerprint density at radius 1 is 1.26 bits per heavy atom. The van der Waals surface area contributed by atoms with Gasteiger partial charge in [0.05, 0.1) is 10.6 Å². The Morgan fingerprint density at radius 3 is 2.61 bits per heavy atom. The van der Waals surface area contributed by atoms with Crippen LogP contribution in [0.1, 0.15) is 11.1 Å². The molecule has 0 aliphatic carbocycles. The number of nitrogens with one attached hydrogen (secondary N) is 3. The molecule has 0 aliphatic heterocycles. The second-order valence-electron chi connectivity index (χ2n) is 6.63. The number of rotatable bonds is 7. The molecule has 0 radical (unpaired) electrons. The maximum Gasteiger partial charge on any atom is 0.417 e. The number of alkyl halides is 3. The van der Waals surface area contributed by atoms with Crippen LogP contribution in [0.25, 0.3) is 11.4 Å². The average molecular weight is 471 g/mol. The second kappa shape index (κ2) is 9.48. The fourth-order valence-electron chi connectivity index (χ4n) is 2.69. The summed E-state index contributed by atoms with van der Waals surface area (Å²) in [7, 11) is 0. The molecule has 2 heterocycles. The molecular formula is C19H18ClF3N6OS. The van der Waals surface area contributed by atoms with Crippen LogP contribution in [0.3, 0.4) is 0 Å². The molecule has 0 saturated heterocycles. The van der Waals surface area contributed by atoms with E-state index >= 15 is 0 Å². The lowest BCUT2D eigenvalue weighted by Crippen LogP contribution is -2.32. The summed E-state index contributed by atoms with van der Waals surface area (Å²) < 4.78 is 39.8. The van der Waals surface area contributed by atoms with E-state index in [0.29, 0.717) is 16.8 Å². The smallest absolute Gasteiger partial charge is 0.367 e. The highest BCUT2D eigenvalue weighted by molar-refractivity contribution is 7.71.